The first kappa shape index (κ1) is 19.1. The van der Waals surface area contributed by atoms with Crippen LogP contribution in [-0.2, 0) is 6.54 Å². The van der Waals surface area contributed by atoms with Gasteiger partial charge in [0.1, 0.15) is 5.82 Å². The lowest BCUT2D eigenvalue weighted by Gasteiger charge is -2.12. The first-order valence-corrected chi connectivity index (χ1v) is 9.01. The molecule has 0 radical (unpaired) electrons. The summed E-state index contributed by atoms with van der Waals surface area (Å²) in [6.07, 6.45) is 2.70. The Labute approximate surface area is 152 Å². The highest BCUT2D eigenvalue weighted by Gasteiger charge is 2.01. The molecule has 0 fully saturated rings. The van der Waals surface area contributed by atoms with E-state index in [-0.39, 0.29) is 5.82 Å². The summed E-state index contributed by atoms with van der Waals surface area (Å²) in [6, 6.07) is 10.4. The van der Waals surface area contributed by atoms with Gasteiger partial charge < -0.3 is 15.4 Å². The first-order chi connectivity index (χ1) is 12.2. The van der Waals surface area contributed by atoms with E-state index in [0.717, 1.165) is 35.1 Å². The van der Waals surface area contributed by atoms with E-state index >= 15 is 0 Å². The van der Waals surface area contributed by atoms with Gasteiger partial charge in [-0.05, 0) is 48.1 Å². The minimum atomic E-state index is -0.201. The minimum absolute atomic E-state index is 0.201. The molecule has 0 amide bonds. The molecule has 5 nitrogen and oxygen atoms in total. The standard InChI is InChI=1S/C18H23FN4OS/c1-20-18(23-13-14-8-10-21-17(12-14)24-2)22-9-3-11-25-16-6-4-15(19)5-7-16/h4-8,10,12H,3,9,11,13H2,1-2H3,(H2,20,22,23). The number of hydrogen-bond donors (Lipinski definition) is 2. The van der Waals surface area contributed by atoms with Gasteiger partial charge in [0.2, 0.25) is 5.88 Å². The Morgan fingerprint density at radius 1 is 1.24 bits per heavy atom. The second kappa shape index (κ2) is 10.6. The van der Waals surface area contributed by atoms with Gasteiger partial charge in [0.15, 0.2) is 5.96 Å². The molecule has 2 rings (SSSR count). The molecular weight excluding hydrogens is 339 g/mol. The van der Waals surface area contributed by atoms with Crippen LogP contribution in [-0.4, -0.2) is 37.4 Å². The lowest BCUT2D eigenvalue weighted by atomic mass is 10.2. The normalized spacial score (nSPS) is 11.2. The molecule has 0 saturated heterocycles. The number of benzene rings is 1. The van der Waals surface area contributed by atoms with Gasteiger partial charge in [0.05, 0.1) is 7.11 Å². The molecule has 1 heterocycles. The molecule has 0 aliphatic rings. The van der Waals surface area contributed by atoms with Gasteiger partial charge in [-0.1, -0.05) is 0 Å². The molecule has 7 heteroatoms. The third kappa shape index (κ3) is 7.01. The van der Waals surface area contributed by atoms with E-state index < -0.39 is 0 Å². The van der Waals surface area contributed by atoms with Gasteiger partial charge in [-0.2, -0.15) is 0 Å². The number of aromatic nitrogens is 1. The Morgan fingerprint density at radius 2 is 2.04 bits per heavy atom. The quantitative estimate of drug-likeness (QED) is 0.327. The third-order valence-corrected chi connectivity index (χ3v) is 4.49. The van der Waals surface area contributed by atoms with Crippen LogP contribution in [0.1, 0.15) is 12.0 Å². The summed E-state index contributed by atoms with van der Waals surface area (Å²) in [5.41, 5.74) is 1.07. The zero-order valence-electron chi connectivity index (χ0n) is 14.5. The molecule has 2 N–H and O–H groups in total. The van der Waals surface area contributed by atoms with Crippen molar-refractivity contribution in [3.8, 4) is 5.88 Å². The zero-order valence-corrected chi connectivity index (χ0v) is 15.3. The fraction of sp³-hybridized carbons (Fsp3) is 0.333. The Hall–Kier alpha value is -2.28. The first-order valence-electron chi connectivity index (χ1n) is 8.03. The van der Waals surface area contributed by atoms with Crippen LogP contribution in [0.2, 0.25) is 0 Å². The van der Waals surface area contributed by atoms with Crippen LogP contribution in [0, 0.1) is 5.82 Å². The molecule has 0 unspecified atom stereocenters. The van der Waals surface area contributed by atoms with E-state index in [2.05, 4.69) is 20.6 Å². The van der Waals surface area contributed by atoms with Gasteiger partial charge in [0, 0.05) is 37.3 Å². The molecular formula is C18H23FN4OS. The Bertz CT molecular complexity index is 679. The number of rotatable bonds is 8. The van der Waals surface area contributed by atoms with Gasteiger partial charge >= 0.3 is 0 Å². The van der Waals surface area contributed by atoms with E-state index in [1.54, 1.807) is 44.2 Å². The van der Waals surface area contributed by atoms with Crippen molar-refractivity contribution in [3.63, 3.8) is 0 Å². The number of guanidine groups is 1. The molecule has 25 heavy (non-hydrogen) atoms. The number of hydrogen-bond acceptors (Lipinski definition) is 4. The second-order valence-electron chi connectivity index (χ2n) is 5.21. The number of ether oxygens (including phenoxy) is 1. The predicted octanol–water partition coefficient (Wildman–Crippen LogP) is 3.08. The summed E-state index contributed by atoms with van der Waals surface area (Å²) >= 11 is 1.71. The summed E-state index contributed by atoms with van der Waals surface area (Å²) in [5, 5.41) is 6.54. The second-order valence-corrected chi connectivity index (χ2v) is 6.38. The average Bonchev–Trinajstić information content (AvgIpc) is 2.65. The number of nitrogens with one attached hydrogen (secondary N) is 2. The smallest absolute Gasteiger partial charge is 0.213 e. The van der Waals surface area contributed by atoms with E-state index in [1.165, 1.54) is 12.1 Å². The number of nitrogens with zero attached hydrogens (tertiary/aromatic N) is 2. The van der Waals surface area contributed by atoms with Crippen molar-refractivity contribution in [2.24, 2.45) is 4.99 Å². The number of methoxy groups -OCH3 is 1. The van der Waals surface area contributed by atoms with E-state index in [9.17, 15) is 4.39 Å². The topological polar surface area (TPSA) is 58.5 Å². The molecule has 2 aromatic rings. The molecule has 0 saturated carbocycles. The summed E-state index contributed by atoms with van der Waals surface area (Å²) in [7, 11) is 3.35. The van der Waals surface area contributed by atoms with Crippen molar-refractivity contribution in [1.29, 1.82) is 0 Å². The number of pyridine rings is 1. The molecule has 0 atom stereocenters. The predicted molar refractivity (Wildman–Crippen MR) is 101 cm³/mol. The maximum Gasteiger partial charge on any atom is 0.213 e. The van der Waals surface area contributed by atoms with Crippen LogP contribution in [0.4, 0.5) is 4.39 Å². The molecule has 0 spiro atoms. The maximum atomic E-state index is 12.8. The Morgan fingerprint density at radius 3 is 2.76 bits per heavy atom. The van der Waals surface area contributed by atoms with Crippen LogP contribution >= 0.6 is 11.8 Å². The van der Waals surface area contributed by atoms with Gasteiger partial charge in [-0.25, -0.2) is 9.37 Å². The molecule has 0 aliphatic carbocycles. The SMILES string of the molecule is CN=C(NCCCSc1ccc(F)cc1)NCc1ccnc(OC)c1. The number of aliphatic imine (C=N–C) groups is 1. The monoisotopic (exact) mass is 362 g/mol. The van der Waals surface area contributed by atoms with Crippen LogP contribution in [0.25, 0.3) is 0 Å². The van der Waals surface area contributed by atoms with Crippen molar-refractivity contribution < 1.29 is 9.13 Å². The van der Waals surface area contributed by atoms with Crippen LogP contribution in [0.5, 0.6) is 5.88 Å². The Balaban J connectivity index is 1.65. The summed E-state index contributed by atoms with van der Waals surface area (Å²) in [4.78, 5) is 9.38. The van der Waals surface area contributed by atoms with Crippen molar-refractivity contribution in [2.45, 2.75) is 17.9 Å². The highest BCUT2D eigenvalue weighted by Crippen LogP contribution is 2.18. The van der Waals surface area contributed by atoms with E-state index in [0.29, 0.717) is 12.4 Å². The van der Waals surface area contributed by atoms with E-state index in [1.807, 2.05) is 12.1 Å². The van der Waals surface area contributed by atoms with Crippen molar-refractivity contribution in [1.82, 2.24) is 15.6 Å². The lowest BCUT2D eigenvalue weighted by molar-refractivity contribution is 0.397. The zero-order chi connectivity index (χ0) is 17.9. The minimum Gasteiger partial charge on any atom is -0.481 e. The summed E-state index contributed by atoms with van der Waals surface area (Å²) < 4.78 is 18.0. The van der Waals surface area contributed by atoms with Gasteiger partial charge in [-0.15, -0.1) is 11.8 Å². The van der Waals surface area contributed by atoms with Crippen LogP contribution < -0.4 is 15.4 Å². The van der Waals surface area contributed by atoms with Gasteiger partial charge in [0.25, 0.3) is 0 Å². The van der Waals surface area contributed by atoms with Crippen molar-refractivity contribution in [3.05, 3.63) is 54.0 Å². The van der Waals surface area contributed by atoms with Crippen LogP contribution in [0.3, 0.4) is 0 Å². The highest BCUT2D eigenvalue weighted by molar-refractivity contribution is 7.99. The number of halogens is 1. The molecule has 0 bridgehead atoms. The largest absolute Gasteiger partial charge is 0.481 e. The molecule has 0 aliphatic heterocycles. The fourth-order valence-electron chi connectivity index (χ4n) is 2.08. The fourth-order valence-corrected chi connectivity index (χ4v) is 2.93. The number of thioether (sulfide) groups is 1. The average molecular weight is 362 g/mol. The van der Waals surface area contributed by atoms with Gasteiger partial charge in [-0.3, -0.25) is 4.99 Å². The highest BCUT2D eigenvalue weighted by atomic mass is 32.2. The third-order valence-electron chi connectivity index (χ3n) is 3.39. The molecule has 134 valence electrons. The summed E-state index contributed by atoms with van der Waals surface area (Å²) in [6.45, 7) is 1.45. The Kier molecular flexibility index (Phi) is 8.04. The van der Waals surface area contributed by atoms with Crippen LogP contribution in [0.15, 0.2) is 52.5 Å². The maximum absolute atomic E-state index is 12.8. The molecule has 1 aromatic heterocycles. The summed E-state index contributed by atoms with van der Waals surface area (Å²) in [5.74, 6) is 2.10. The van der Waals surface area contributed by atoms with Crippen molar-refractivity contribution >= 4 is 17.7 Å². The van der Waals surface area contributed by atoms with E-state index in [4.69, 9.17) is 4.74 Å². The molecule has 1 aromatic carbocycles. The van der Waals surface area contributed by atoms with Crippen molar-refractivity contribution in [2.75, 3.05) is 26.5 Å². The lowest BCUT2D eigenvalue weighted by Crippen LogP contribution is -2.37.